The quantitative estimate of drug-likeness (QED) is 0.717. The third kappa shape index (κ3) is 2.62. The fourth-order valence-corrected chi connectivity index (χ4v) is 2.62. The van der Waals surface area contributed by atoms with Gasteiger partial charge in [-0.3, -0.25) is 0 Å². The van der Waals surface area contributed by atoms with Crippen molar-refractivity contribution in [2.45, 2.75) is 13.0 Å². The molecule has 3 aromatic rings. The lowest BCUT2D eigenvalue weighted by molar-refractivity contribution is -0.671. The maximum absolute atomic E-state index is 10.5. The van der Waals surface area contributed by atoms with Crippen LogP contribution in [-0.2, 0) is 20.0 Å². The Bertz CT molecular complexity index is 760. The van der Waals surface area contributed by atoms with Crippen molar-refractivity contribution in [3.8, 4) is 5.75 Å². The second-order valence-electron chi connectivity index (χ2n) is 5.29. The number of benzene rings is 1. The normalized spacial score (nSPS) is 11.1. The number of aromatic hydroxyl groups is 1. The monoisotopic (exact) mass is 283 g/mol. The van der Waals surface area contributed by atoms with Gasteiger partial charge in [-0.15, -0.1) is 0 Å². The van der Waals surface area contributed by atoms with Gasteiger partial charge in [0.15, 0.2) is 12.4 Å². The van der Waals surface area contributed by atoms with E-state index in [1.54, 1.807) is 0 Å². The first-order valence-electron chi connectivity index (χ1n) is 7.04. The third-order valence-corrected chi connectivity index (χ3v) is 3.79. The summed E-state index contributed by atoms with van der Waals surface area (Å²) in [7, 11) is 1.98. The Hall–Kier alpha value is -2.33. The molecule has 108 valence electrons. The second kappa shape index (κ2) is 5.58. The summed E-state index contributed by atoms with van der Waals surface area (Å²) in [6.45, 7) is 0.630. The van der Waals surface area contributed by atoms with Crippen molar-refractivity contribution in [1.29, 1.82) is 0 Å². The van der Waals surface area contributed by atoms with Gasteiger partial charge in [0.05, 0.1) is 12.1 Å². The summed E-state index contributed by atoms with van der Waals surface area (Å²) in [6, 6.07) is 9.97. The van der Waals surface area contributed by atoms with E-state index < -0.39 is 0 Å². The van der Waals surface area contributed by atoms with Gasteiger partial charge in [-0.05, 0) is 23.3 Å². The zero-order valence-electron chi connectivity index (χ0n) is 12.0. The number of nitrogens with zero attached hydrogens (tertiary/aromatic N) is 2. The SMILES string of the molecule is C[n+]1ccc(Cc2ccc3c(ccn3CCO)c2O)cc1. The molecular formula is C17H19N2O2+. The van der Waals surface area contributed by atoms with Gasteiger partial charge in [0.2, 0.25) is 0 Å². The topological polar surface area (TPSA) is 49.3 Å². The van der Waals surface area contributed by atoms with Crippen molar-refractivity contribution in [2.24, 2.45) is 7.05 Å². The van der Waals surface area contributed by atoms with Crippen LogP contribution in [0.3, 0.4) is 0 Å². The number of phenols is 1. The molecule has 0 bridgehead atoms. The molecule has 0 radical (unpaired) electrons. The highest BCUT2D eigenvalue weighted by Crippen LogP contribution is 2.31. The number of pyridine rings is 1. The highest BCUT2D eigenvalue weighted by molar-refractivity contribution is 5.87. The van der Waals surface area contributed by atoms with E-state index in [-0.39, 0.29) is 6.61 Å². The van der Waals surface area contributed by atoms with E-state index in [0.717, 1.165) is 22.0 Å². The van der Waals surface area contributed by atoms with Crippen LogP contribution in [0.25, 0.3) is 10.9 Å². The minimum absolute atomic E-state index is 0.0906. The molecule has 2 heterocycles. The molecule has 0 amide bonds. The molecule has 0 aliphatic rings. The number of aryl methyl sites for hydroxylation is 1. The number of aromatic nitrogens is 2. The highest BCUT2D eigenvalue weighted by Gasteiger charge is 2.10. The van der Waals surface area contributed by atoms with Crippen molar-refractivity contribution in [3.63, 3.8) is 0 Å². The Labute approximate surface area is 123 Å². The molecule has 0 aliphatic carbocycles. The summed E-state index contributed by atoms with van der Waals surface area (Å²) in [4.78, 5) is 0. The molecule has 3 rings (SSSR count). The van der Waals surface area contributed by atoms with Crippen molar-refractivity contribution in [3.05, 3.63) is 60.0 Å². The van der Waals surface area contributed by atoms with E-state index in [1.807, 2.05) is 53.0 Å². The summed E-state index contributed by atoms with van der Waals surface area (Å²) < 4.78 is 3.93. The molecule has 1 aromatic carbocycles. The predicted octanol–water partition coefficient (Wildman–Crippen LogP) is 1.75. The number of hydrogen-bond acceptors (Lipinski definition) is 2. The standard InChI is InChI=1S/C17H18N2O2/c1-18-7-4-13(5-8-18)12-14-2-3-16-15(17(14)21)6-9-19(16)10-11-20/h2-9,20H,10-12H2,1H3/p+1. The van der Waals surface area contributed by atoms with Gasteiger partial charge in [0, 0.05) is 36.7 Å². The van der Waals surface area contributed by atoms with Crippen molar-refractivity contribution in [2.75, 3.05) is 6.61 Å². The van der Waals surface area contributed by atoms with Crippen LogP contribution in [0, 0.1) is 0 Å². The van der Waals surface area contributed by atoms with E-state index in [0.29, 0.717) is 18.7 Å². The number of rotatable bonds is 4. The van der Waals surface area contributed by atoms with Gasteiger partial charge >= 0.3 is 0 Å². The molecule has 21 heavy (non-hydrogen) atoms. The first-order valence-corrected chi connectivity index (χ1v) is 7.04. The molecule has 0 atom stereocenters. The first kappa shape index (κ1) is 13.6. The van der Waals surface area contributed by atoms with Gasteiger partial charge in [0.1, 0.15) is 12.8 Å². The van der Waals surface area contributed by atoms with Crippen molar-refractivity contribution in [1.82, 2.24) is 4.57 Å². The van der Waals surface area contributed by atoms with E-state index in [1.165, 1.54) is 0 Å². The van der Waals surface area contributed by atoms with Gasteiger partial charge < -0.3 is 14.8 Å². The first-order chi connectivity index (χ1) is 10.2. The lowest BCUT2D eigenvalue weighted by Gasteiger charge is -2.08. The molecule has 0 unspecified atom stereocenters. The molecule has 4 heteroatoms. The number of phenolic OH excluding ortho intramolecular Hbond substituents is 1. The Balaban J connectivity index is 1.96. The van der Waals surface area contributed by atoms with Crippen LogP contribution in [0.4, 0.5) is 0 Å². The Morgan fingerprint density at radius 2 is 1.86 bits per heavy atom. The lowest BCUT2D eigenvalue weighted by Crippen LogP contribution is -2.25. The molecular weight excluding hydrogens is 264 g/mol. The zero-order chi connectivity index (χ0) is 14.8. The molecule has 2 aromatic heterocycles. The van der Waals surface area contributed by atoms with Crippen LogP contribution in [0.1, 0.15) is 11.1 Å². The lowest BCUT2D eigenvalue weighted by atomic mass is 10.0. The maximum Gasteiger partial charge on any atom is 0.168 e. The largest absolute Gasteiger partial charge is 0.507 e. The van der Waals surface area contributed by atoms with E-state index in [4.69, 9.17) is 5.11 Å². The fourth-order valence-electron chi connectivity index (χ4n) is 2.62. The summed E-state index contributed by atoms with van der Waals surface area (Å²) in [6.07, 6.45) is 6.60. The molecule has 2 N–H and O–H groups in total. The number of hydrogen-bond donors (Lipinski definition) is 2. The average molecular weight is 283 g/mol. The molecule has 4 nitrogen and oxygen atoms in total. The molecule has 0 saturated heterocycles. The Kier molecular flexibility index (Phi) is 3.62. The number of fused-ring (bicyclic) bond motifs is 1. The van der Waals surface area contributed by atoms with Crippen molar-refractivity contribution >= 4 is 10.9 Å². The highest BCUT2D eigenvalue weighted by atomic mass is 16.3. The van der Waals surface area contributed by atoms with Crippen LogP contribution in [0.2, 0.25) is 0 Å². The second-order valence-corrected chi connectivity index (χ2v) is 5.29. The predicted molar refractivity (Wildman–Crippen MR) is 81.1 cm³/mol. The summed E-state index contributed by atoms with van der Waals surface area (Å²) >= 11 is 0. The summed E-state index contributed by atoms with van der Waals surface area (Å²) in [5, 5.41) is 20.4. The molecule has 0 spiro atoms. The van der Waals surface area contributed by atoms with Gasteiger partial charge in [-0.1, -0.05) is 6.07 Å². The number of aliphatic hydroxyl groups is 1. The van der Waals surface area contributed by atoms with Gasteiger partial charge in [-0.2, -0.15) is 0 Å². The van der Waals surface area contributed by atoms with Gasteiger partial charge in [0.25, 0.3) is 0 Å². The Morgan fingerprint density at radius 1 is 1.10 bits per heavy atom. The van der Waals surface area contributed by atoms with E-state index in [9.17, 15) is 5.11 Å². The van der Waals surface area contributed by atoms with Crippen LogP contribution in [-0.4, -0.2) is 21.4 Å². The minimum Gasteiger partial charge on any atom is -0.507 e. The molecule has 0 aliphatic heterocycles. The van der Waals surface area contributed by atoms with Crippen LogP contribution in [0.5, 0.6) is 5.75 Å². The van der Waals surface area contributed by atoms with Crippen LogP contribution in [0.15, 0.2) is 48.9 Å². The fraction of sp³-hybridized carbons (Fsp3) is 0.235. The Morgan fingerprint density at radius 3 is 2.57 bits per heavy atom. The zero-order valence-corrected chi connectivity index (χ0v) is 12.0. The van der Waals surface area contributed by atoms with Crippen LogP contribution < -0.4 is 4.57 Å². The molecule has 0 fully saturated rings. The molecule has 0 saturated carbocycles. The van der Waals surface area contributed by atoms with Gasteiger partial charge in [-0.25, -0.2) is 4.57 Å². The average Bonchev–Trinajstić information content (AvgIpc) is 2.89. The third-order valence-electron chi connectivity index (χ3n) is 3.79. The summed E-state index contributed by atoms with van der Waals surface area (Å²) in [5.41, 5.74) is 3.03. The number of aliphatic hydroxyl groups excluding tert-OH is 1. The summed E-state index contributed by atoms with van der Waals surface area (Å²) in [5.74, 6) is 0.331. The smallest absolute Gasteiger partial charge is 0.168 e. The minimum atomic E-state index is 0.0906. The van der Waals surface area contributed by atoms with Crippen molar-refractivity contribution < 1.29 is 14.8 Å². The van der Waals surface area contributed by atoms with Crippen LogP contribution >= 0.6 is 0 Å². The van der Waals surface area contributed by atoms with E-state index >= 15 is 0 Å². The van der Waals surface area contributed by atoms with E-state index in [2.05, 4.69) is 12.1 Å². The maximum atomic E-state index is 10.5.